The molecule has 32 heavy (non-hydrogen) atoms. The number of rotatable bonds is 5. The number of H-pyrrole nitrogens is 1. The highest BCUT2D eigenvalue weighted by Crippen LogP contribution is 2.32. The summed E-state index contributed by atoms with van der Waals surface area (Å²) in [6, 6.07) is 13.6. The first-order chi connectivity index (χ1) is 15.4. The van der Waals surface area contributed by atoms with Crippen LogP contribution in [0.25, 0.3) is 0 Å². The summed E-state index contributed by atoms with van der Waals surface area (Å²) >= 11 is 6.09. The molecule has 4 rings (SSSR count). The zero-order chi connectivity index (χ0) is 22.8. The number of ketones is 1. The van der Waals surface area contributed by atoms with Gasteiger partial charge < -0.3 is 19.8 Å². The van der Waals surface area contributed by atoms with Crippen LogP contribution in [0.2, 0.25) is 5.02 Å². The summed E-state index contributed by atoms with van der Waals surface area (Å²) in [5, 5.41) is 2.96. The Kier molecular flexibility index (Phi) is 6.01. The van der Waals surface area contributed by atoms with E-state index in [0.717, 1.165) is 11.3 Å². The molecule has 1 aliphatic carbocycles. The maximum absolute atomic E-state index is 12.8. The number of amides is 1. The van der Waals surface area contributed by atoms with Crippen LogP contribution in [-0.2, 0) is 6.42 Å². The first-order valence-corrected chi connectivity index (χ1v) is 10.4. The Balaban J connectivity index is 1.58. The van der Waals surface area contributed by atoms with Crippen molar-refractivity contribution < 1.29 is 19.1 Å². The number of ether oxygens (including phenoxy) is 2. The molecule has 1 aliphatic rings. The van der Waals surface area contributed by atoms with Crippen molar-refractivity contribution >= 4 is 29.0 Å². The number of fused-ring (bicyclic) bond motifs is 1. The lowest BCUT2D eigenvalue weighted by Gasteiger charge is -2.24. The Morgan fingerprint density at radius 3 is 2.44 bits per heavy atom. The molecule has 0 saturated carbocycles. The molecule has 1 amide bonds. The lowest BCUT2D eigenvalue weighted by molar-refractivity contribution is 0.0963. The molecule has 0 aliphatic heterocycles. The molecule has 2 N–H and O–H groups in total. The van der Waals surface area contributed by atoms with Crippen molar-refractivity contribution in [3.8, 4) is 11.5 Å². The monoisotopic (exact) mass is 452 g/mol. The van der Waals surface area contributed by atoms with Crippen molar-refractivity contribution in [2.75, 3.05) is 19.5 Å². The number of aromatic amines is 1. The van der Waals surface area contributed by atoms with Crippen LogP contribution in [0.1, 0.15) is 44.3 Å². The normalized spacial score (nSPS) is 15.1. The van der Waals surface area contributed by atoms with Gasteiger partial charge in [-0.1, -0.05) is 23.7 Å². The molecule has 0 bridgehead atoms. The van der Waals surface area contributed by atoms with E-state index >= 15 is 0 Å². The fourth-order valence-corrected chi connectivity index (χ4v) is 4.11. The molecule has 0 fully saturated rings. The predicted molar refractivity (Wildman–Crippen MR) is 121 cm³/mol. The molecule has 1 aromatic heterocycles. The molecule has 1 atom stereocenters. The second-order valence-electron chi connectivity index (χ2n) is 7.51. The topological polar surface area (TPSA) is 97.5 Å². The number of aromatic nitrogens is 1. The van der Waals surface area contributed by atoms with Crippen molar-refractivity contribution in [3.05, 3.63) is 86.3 Å². The molecular weight excluding hydrogens is 432 g/mol. The van der Waals surface area contributed by atoms with Gasteiger partial charge in [-0.15, -0.1) is 0 Å². The largest absolute Gasteiger partial charge is 0.497 e. The number of pyridine rings is 1. The third-order valence-electron chi connectivity index (χ3n) is 5.55. The zero-order valence-electron chi connectivity index (χ0n) is 17.5. The Morgan fingerprint density at radius 2 is 1.78 bits per heavy atom. The van der Waals surface area contributed by atoms with E-state index in [9.17, 15) is 14.4 Å². The van der Waals surface area contributed by atoms with Gasteiger partial charge in [-0.25, -0.2) is 0 Å². The van der Waals surface area contributed by atoms with Crippen LogP contribution in [0.4, 0.5) is 5.69 Å². The molecule has 3 aromatic rings. The van der Waals surface area contributed by atoms with Gasteiger partial charge in [0.1, 0.15) is 17.1 Å². The summed E-state index contributed by atoms with van der Waals surface area (Å²) in [5.41, 5.74) is 1.62. The number of hydrogen-bond acceptors (Lipinski definition) is 5. The SMILES string of the molecule is COc1ccc(C2CC(=O)c3cc(C(=O)Nc4ccc(OC)c(Cl)c4)c(=O)[nH]c3C2)cc1. The number of halogens is 1. The Bertz CT molecular complexity index is 1250. The van der Waals surface area contributed by atoms with Gasteiger partial charge in [0.05, 0.1) is 19.2 Å². The number of benzene rings is 2. The van der Waals surface area contributed by atoms with Crippen molar-refractivity contribution in [2.24, 2.45) is 0 Å². The van der Waals surface area contributed by atoms with E-state index in [1.165, 1.54) is 19.2 Å². The van der Waals surface area contributed by atoms with E-state index in [2.05, 4.69) is 10.3 Å². The second-order valence-corrected chi connectivity index (χ2v) is 7.92. The molecule has 1 unspecified atom stereocenters. The second kappa shape index (κ2) is 8.88. The van der Waals surface area contributed by atoms with Crippen molar-refractivity contribution in [2.45, 2.75) is 18.8 Å². The summed E-state index contributed by atoms with van der Waals surface area (Å²) < 4.78 is 10.3. The first-order valence-electron chi connectivity index (χ1n) is 9.98. The fraction of sp³-hybridized carbons (Fsp3) is 0.208. The van der Waals surface area contributed by atoms with Gasteiger partial charge in [-0.05, 0) is 54.3 Å². The van der Waals surface area contributed by atoms with Crippen LogP contribution in [0.3, 0.4) is 0 Å². The Hall–Kier alpha value is -3.58. The number of anilines is 1. The van der Waals surface area contributed by atoms with Crippen molar-refractivity contribution in [3.63, 3.8) is 0 Å². The summed E-state index contributed by atoms with van der Waals surface area (Å²) in [6.07, 6.45) is 0.791. The summed E-state index contributed by atoms with van der Waals surface area (Å²) in [5.74, 6) is 0.398. The van der Waals surface area contributed by atoms with Gasteiger partial charge in [0.2, 0.25) is 0 Å². The van der Waals surface area contributed by atoms with Gasteiger partial charge in [0, 0.05) is 23.4 Å². The number of nitrogens with one attached hydrogen (secondary N) is 2. The predicted octanol–water partition coefficient (Wildman–Crippen LogP) is 4.21. The van der Waals surface area contributed by atoms with E-state index in [1.807, 2.05) is 24.3 Å². The van der Waals surface area contributed by atoms with Crippen molar-refractivity contribution in [1.82, 2.24) is 4.98 Å². The minimum Gasteiger partial charge on any atom is -0.497 e. The van der Waals surface area contributed by atoms with Crippen molar-refractivity contribution in [1.29, 1.82) is 0 Å². The number of methoxy groups -OCH3 is 2. The minimum absolute atomic E-state index is 0.0577. The molecule has 0 radical (unpaired) electrons. The summed E-state index contributed by atoms with van der Waals surface area (Å²) in [4.78, 5) is 40.9. The van der Waals surface area contributed by atoms with E-state index < -0.39 is 11.5 Å². The van der Waals surface area contributed by atoms with E-state index in [-0.39, 0.29) is 17.3 Å². The molecule has 0 spiro atoms. The van der Waals surface area contributed by atoms with E-state index in [4.69, 9.17) is 21.1 Å². The maximum atomic E-state index is 12.8. The molecular formula is C24H21ClN2O5. The molecule has 0 saturated heterocycles. The molecule has 2 aromatic carbocycles. The lowest BCUT2D eigenvalue weighted by Crippen LogP contribution is -2.29. The zero-order valence-corrected chi connectivity index (χ0v) is 18.3. The average molecular weight is 453 g/mol. The van der Waals surface area contributed by atoms with Crippen LogP contribution >= 0.6 is 11.6 Å². The number of carbonyl (C=O) groups excluding carboxylic acids is 2. The van der Waals surface area contributed by atoms with Crippen LogP contribution in [0, 0.1) is 0 Å². The van der Waals surface area contributed by atoms with Crippen LogP contribution < -0.4 is 20.3 Å². The van der Waals surface area contributed by atoms with E-state index in [1.54, 1.807) is 19.2 Å². The highest BCUT2D eigenvalue weighted by Gasteiger charge is 2.29. The highest BCUT2D eigenvalue weighted by molar-refractivity contribution is 6.32. The standard InChI is InChI=1S/C24H21ClN2O5/c1-31-16-6-3-13(4-7-16)14-9-20-17(21(28)10-14)12-18(24(30)27-20)23(29)26-15-5-8-22(32-2)19(25)11-15/h3-8,11-12,14H,9-10H2,1-2H3,(H,26,29)(H,27,30). The number of carbonyl (C=O) groups is 2. The lowest BCUT2D eigenvalue weighted by atomic mass is 9.81. The molecule has 164 valence electrons. The van der Waals surface area contributed by atoms with Gasteiger partial charge in [0.15, 0.2) is 5.78 Å². The van der Waals surface area contributed by atoms with Crippen LogP contribution in [0.15, 0.2) is 53.3 Å². The number of hydrogen-bond donors (Lipinski definition) is 2. The van der Waals surface area contributed by atoms with Crippen LogP contribution in [0.5, 0.6) is 11.5 Å². The Morgan fingerprint density at radius 1 is 1.03 bits per heavy atom. The van der Waals surface area contributed by atoms with Crippen LogP contribution in [-0.4, -0.2) is 30.9 Å². The first kappa shape index (κ1) is 21.6. The average Bonchev–Trinajstić information content (AvgIpc) is 2.78. The summed E-state index contributed by atoms with van der Waals surface area (Å²) in [6.45, 7) is 0. The fourth-order valence-electron chi connectivity index (χ4n) is 3.85. The van der Waals surface area contributed by atoms with Gasteiger partial charge in [0.25, 0.3) is 11.5 Å². The van der Waals surface area contributed by atoms with Gasteiger partial charge in [-0.2, -0.15) is 0 Å². The molecule has 8 heteroatoms. The minimum atomic E-state index is -0.625. The smallest absolute Gasteiger partial charge is 0.261 e. The number of Topliss-reactive ketones (excluding diaryl/α,β-unsaturated/α-hetero) is 1. The molecule has 7 nitrogen and oxygen atoms in total. The third kappa shape index (κ3) is 4.24. The molecule has 1 heterocycles. The third-order valence-corrected chi connectivity index (χ3v) is 5.84. The highest BCUT2D eigenvalue weighted by atomic mass is 35.5. The summed E-state index contributed by atoms with van der Waals surface area (Å²) in [7, 11) is 3.08. The van der Waals surface area contributed by atoms with Gasteiger partial charge >= 0.3 is 0 Å². The maximum Gasteiger partial charge on any atom is 0.261 e. The van der Waals surface area contributed by atoms with E-state index in [0.29, 0.717) is 40.6 Å². The quantitative estimate of drug-likeness (QED) is 0.604. The van der Waals surface area contributed by atoms with Gasteiger partial charge in [-0.3, -0.25) is 14.4 Å². The Labute approximate surface area is 189 Å².